The van der Waals surface area contributed by atoms with Crippen LogP contribution in [0.2, 0.25) is 0 Å². The van der Waals surface area contributed by atoms with Crippen molar-refractivity contribution in [2.24, 2.45) is 0 Å². The first kappa shape index (κ1) is 9.50. The first-order valence-corrected chi connectivity index (χ1v) is 4.13. The van der Waals surface area contributed by atoms with Crippen molar-refractivity contribution in [2.45, 2.75) is 19.9 Å². The van der Waals surface area contributed by atoms with Gasteiger partial charge in [0.15, 0.2) is 0 Å². The minimum atomic E-state index is -0.202. The number of urea groups is 1. The highest BCUT2D eigenvalue weighted by Gasteiger charge is 2.10. The maximum Gasteiger partial charge on any atom is 0.315 e. The molecule has 3 N–H and O–H groups in total. The van der Waals surface area contributed by atoms with Crippen LogP contribution in [0.15, 0.2) is 6.33 Å². The van der Waals surface area contributed by atoms with Crippen LogP contribution in [0.25, 0.3) is 0 Å². The van der Waals surface area contributed by atoms with Gasteiger partial charge < -0.3 is 10.6 Å². The van der Waals surface area contributed by atoms with Crippen LogP contribution in [0.5, 0.6) is 0 Å². The molecule has 0 bridgehead atoms. The van der Waals surface area contributed by atoms with Crippen LogP contribution < -0.4 is 10.6 Å². The number of hydrogen-bond acceptors (Lipinski definition) is 3. The van der Waals surface area contributed by atoms with Crippen molar-refractivity contribution in [1.29, 1.82) is 0 Å². The third kappa shape index (κ3) is 2.73. The number of hydrogen-bond donors (Lipinski definition) is 3. The van der Waals surface area contributed by atoms with Crippen molar-refractivity contribution < 1.29 is 4.79 Å². The normalized spacial score (nSPS) is 12.2. The Morgan fingerprint density at radius 2 is 2.54 bits per heavy atom. The zero-order valence-corrected chi connectivity index (χ0v) is 7.66. The van der Waals surface area contributed by atoms with Gasteiger partial charge in [-0.2, -0.15) is 5.10 Å². The van der Waals surface area contributed by atoms with Gasteiger partial charge in [0.2, 0.25) is 0 Å². The molecule has 1 rings (SSSR count). The van der Waals surface area contributed by atoms with Gasteiger partial charge in [-0.1, -0.05) is 0 Å². The SMILES string of the molecule is CCNC(=O)NC(C)c1ncn[nH]1. The Balaban J connectivity index is 2.42. The van der Waals surface area contributed by atoms with Gasteiger partial charge in [-0.25, -0.2) is 9.78 Å². The van der Waals surface area contributed by atoms with Gasteiger partial charge in [-0.05, 0) is 13.8 Å². The number of nitrogens with one attached hydrogen (secondary N) is 3. The zero-order valence-electron chi connectivity index (χ0n) is 7.66. The Labute approximate surface area is 76.1 Å². The van der Waals surface area contributed by atoms with Crippen molar-refractivity contribution in [3.63, 3.8) is 0 Å². The van der Waals surface area contributed by atoms with E-state index in [0.717, 1.165) is 0 Å². The maximum atomic E-state index is 11.1. The topological polar surface area (TPSA) is 82.7 Å². The lowest BCUT2D eigenvalue weighted by Crippen LogP contribution is -2.37. The molecule has 0 aromatic carbocycles. The molecule has 1 aromatic rings. The highest BCUT2D eigenvalue weighted by molar-refractivity contribution is 5.74. The quantitative estimate of drug-likeness (QED) is 0.625. The zero-order chi connectivity index (χ0) is 9.68. The van der Waals surface area contributed by atoms with E-state index < -0.39 is 0 Å². The van der Waals surface area contributed by atoms with Crippen molar-refractivity contribution >= 4 is 6.03 Å². The molecule has 1 atom stereocenters. The summed E-state index contributed by atoms with van der Waals surface area (Å²) in [6.45, 7) is 4.30. The lowest BCUT2D eigenvalue weighted by Gasteiger charge is -2.10. The summed E-state index contributed by atoms with van der Waals surface area (Å²) in [5.74, 6) is 0.645. The van der Waals surface area contributed by atoms with E-state index in [1.165, 1.54) is 6.33 Å². The molecule has 0 radical (unpaired) electrons. The molecule has 0 aliphatic heterocycles. The third-order valence-electron chi connectivity index (χ3n) is 1.53. The Morgan fingerprint density at radius 1 is 1.77 bits per heavy atom. The number of amides is 2. The van der Waals surface area contributed by atoms with E-state index in [-0.39, 0.29) is 12.1 Å². The van der Waals surface area contributed by atoms with Crippen LogP contribution >= 0.6 is 0 Å². The van der Waals surface area contributed by atoms with E-state index in [4.69, 9.17) is 0 Å². The average Bonchev–Trinajstić information content (AvgIpc) is 2.55. The summed E-state index contributed by atoms with van der Waals surface area (Å²) in [7, 11) is 0. The summed E-state index contributed by atoms with van der Waals surface area (Å²) in [5, 5.41) is 11.7. The van der Waals surface area contributed by atoms with E-state index in [2.05, 4.69) is 25.8 Å². The second-order valence-electron chi connectivity index (χ2n) is 2.60. The molecular formula is C7H13N5O. The van der Waals surface area contributed by atoms with Crippen LogP contribution in [0.3, 0.4) is 0 Å². The second-order valence-corrected chi connectivity index (χ2v) is 2.60. The molecule has 6 heteroatoms. The standard InChI is InChI=1S/C7H13N5O/c1-3-8-7(13)11-5(2)6-9-4-10-12-6/h4-5H,3H2,1-2H3,(H2,8,11,13)(H,9,10,12). The van der Waals surface area contributed by atoms with Crippen molar-refractivity contribution in [3.8, 4) is 0 Å². The molecule has 0 aliphatic carbocycles. The van der Waals surface area contributed by atoms with Gasteiger partial charge in [0.05, 0.1) is 6.04 Å². The van der Waals surface area contributed by atoms with Gasteiger partial charge >= 0.3 is 6.03 Å². The van der Waals surface area contributed by atoms with Gasteiger partial charge in [0, 0.05) is 6.54 Å². The third-order valence-corrected chi connectivity index (χ3v) is 1.53. The molecule has 1 aromatic heterocycles. The predicted octanol–water partition coefficient (Wildman–Crippen LogP) is 0.185. The van der Waals surface area contributed by atoms with Crippen LogP contribution in [-0.2, 0) is 0 Å². The van der Waals surface area contributed by atoms with E-state index in [1.54, 1.807) is 0 Å². The smallest absolute Gasteiger partial charge is 0.315 e. The monoisotopic (exact) mass is 183 g/mol. The summed E-state index contributed by atoms with van der Waals surface area (Å²) < 4.78 is 0. The average molecular weight is 183 g/mol. The fraction of sp³-hybridized carbons (Fsp3) is 0.571. The fourth-order valence-corrected chi connectivity index (χ4v) is 0.900. The summed E-state index contributed by atoms with van der Waals surface area (Å²) in [4.78, 5) is 15.0. The highest BCUT2D eigenvalue weighted by atomic mass is 16.2. The van der Waals surface area contributed by atoms with Crippen molar-refractivity contribution in [1.82, 2.24) is 25.8 Å². The highest BCUT2D eigenvalue weighted by Crippen LogP contribution is 2.02. The summed E-state index contributed by atoms with van der Waals surface area (Å²) in [5.41, 5.74) is 0. The van der Waals surface area contributed by atoms with Gasteiger partial charge in [0.25, 0.3) is 0 Å². The van der Waals surface area contributed by atoms with Crippen molar-refractivity contribution in [3.05, 3.63) is 12.2 Å². The van der Waals surface area contributed by atoms with E-state index >= 15 is 0 Å². The first-order chi connectivity index (χ1) is 6.24. The Morgan fingerprint density at radius 3 is 3.08 bits per heavy atom. The number of aromatic amines is 1. The molecule has 1 unspecified atom stereocenters. The minimum Gasteiger partial charge on any atom is -0.338 e. The number of carbonyl (C=O) groups is 1. The van der Waals surface area contributed by atoms with Crippen LogP contribution in [0.4, 0.5) is 4.79 Å². The van der Waals surface area contributed by atoms with Crippen LogP contribution in [-0.4, -0.2) is 27.8 Å². The molecule has 0 aliphatic rings. The predicted molar refractivity (Wildman–Crippen MR) is 47.0 cm³/mol. The number of rotatable bonds is 3. The Bertz CT molecular complexity index is 258. The molecule has 2 amide bonds. The Hall–Kier alpha value is -1.59. The number of H-pyrrole nitrogens is 1. The summed E-state index contributed by atoms with van der Waals surface area (Å²) >= 11 is 0. The molecule has 0 saturated carbocycles. The molecule has 13 heavy (non-hydrogen) atoms. The molecular weight excluding hydrogens is 170 g/mol. The van der Waals surface area contributed by atoms with Gasteiger partial charge in [0.1, 0.15) is 12.2 Å². The van der Waals surface area contributed by atoms with E-state index in [1.807, 2.05) is 13.8 Å². The van der Waals surface area contributed by atoms with E-state index in [0.29, 0.717) is 12.4 Å². The minimum absolute atomic E-state index is 0.158. The number of nitrogens with zero attached hydrogens (tertiary/aromatic N) is 2. The molecule has 6 nitrogen and oxygen atoms in total. The molecule has 0 spiro atoms. The first-order valence-electron chi connectivity index (χ1n) is 4.13. The fourth-order valence-electron chi connectivity index (χ4n) is 0.900. The summed E-state index contributed by atoms with van der Waals surface area (Å²) in [6.07, 6.45) is 1.41. The van der Waals surface area contributed by atoms with Gasteiger partial charge in [-0.3, -0.25) is 5.10 Å². The Kier molecular flexibility index (Phi) is 3.24. The van der Waals surface area contributed by atoms with Crippen LogP contribution in [0, 0.1) is 0 Å². The van der Waals surface area contributed by atoms with Crippen LogP contribution in [0.1, 0.15) is 25.7 Å². The lowest BCUT2D eigenvalue weighted by atomic mass is 10.3. The molecule has 0 saturated heterocycles. The molecule has 1 heterocycles. The second kappa shape index (κ2) is 4.44. The number of aromatic nitrogens is 3. The van der Waals surface area contributed by atoms with E-state index in [9.17, 15) is 4.79 Å². The van der Waals surface area contributed by atoms with Gasteiger partial charge in [-0.15, -0.1) is 0 Å². The summed E-state index contributed by atoms with van der Waals surface area (Å²) in [6, 6.07) is -0.361. The lowest BCUT2D eigenvalue weighted by molar-refractivity contribution is 0.238. The number of carbonyl (C=O) groups excluding carboxylic acids is 1. The largest absolute Gasteiger partial charge is 0.338 e. The molecule has 0 fully saturated rings. The van der Waals surface area contributed by atoms with Crippen molar-refractivity contribution in [2.75, 3.05) is 6.54 Å². The molecule has 72 valence electrons. The maximum absolute atomic E-state index is 11.1.